The van der Waals surface area contributed by atoms with E-state index >= 15 is 0 Å². The summed E-state index contributed by atoms with van der Waals surface area (Å²) in [6.45, 7) is 3.79. The normalized spacial score (nSPS) is 19.3. The number of hydrogen-bond acceptors (Lipinski definition) is 4. The highest BCUT2D eigenvalue weighted by Gasteiger charge is 2.45. The van der Waals surface area contributed by atoms with Gasteiger partial charge in [0.25, 0.3) is 5.91 Å². The topological polar surface area (TPSA) is 81.8 Å². The molecule has 0 radical (unpaired) electrons. The zero-order chi connectivity index (χ0) is 21.4. The molecule has 0 bridgehead atoms. The number of carbonyl (C=O) groups is 3. The number of imide groups is 1. The summed E-state index contributed by atoms with van der Waals surface area (Å²) in [7, 11) is 0. The Morgan fingerprint density at radius 3 is 2.38 bits per heavy atom. The second-order valence-electron chi connectivity index (χ2n) is 7.77. The van der Waals surface area contributed by atoms with Crippen LogP contribution in [0.1, 0.15) is 38.7 Å². The lowest BCUT2D eigenvalue weighted by Crippen LogP contribution is -2.41. The van der Waals surface area contributed by atoms with Gasteiger partial charge in [0.15, 0.2) is 0 Å². The van der Waals surface area contributed by atoms with Crippen LogP contribution in [0.5, 0.6) is 0 Å². The van der Waals surface area contributed by atoms with Crippen molar-refractivity contribution >= 4 is 29.2 Å². The molecule has 4 amide bonds. The monoisotopic (exact) mass is 412 g/mol. The third-order valence-electron chi connectivity index (χ3n) is 5.04. The molecule has 3 rings (SSSR count). The van der Waals surface area contributed by atoms with E-state index in [9.17, 15) is 27.6 Å². The number of benzene rings is 1. The Kier molecular flexibility index (Phi) is 5.46. The molecule has 158 valence electrons. The van der Waals surface area contributed by atoms with Gasteiger partial charge in [-0.1, -0.05) is 0 Å². The van der Waals surface area contributed by atoms with E-state index in [-0.39, 0.29) is 5.69 Å². The minimum absolute atomic E-state index is 0.0121. The molecule has 2 saturated heterocycles. The predicted octanol–water partition coefficient (Wildman–Crippen LogP) is 2.96. The minimum atomic E-state index is -4.56. The van der Waals surface area contributed by atoms with Crippen LogP contribution in [0, 0.1) is 0 Å². The number of halogens is 3. The van der Waals surface area contributed by atoms with Crippen molar-refractivity contribution in [2.24, 2.45) is 0 Å². The molecular weight excluding hydrogens is 389 g/mol. The molecule has 2 aliphatic rings. The fourth-order valence-corrected chi connectivity index (χ4v) is 3.52. The molecule has 0 aliphatic carbocycles. The number of nitrogens with one attached hydrogen (secondary N) is 2. The van der Waals surface area contributed by atoms with Crippen molar-refractivity contribution in [1.29, 1.82) is 0 Å². The second-order valence-corrected chi connectivity index (χ2v) is 7.77. The Morgan fingerprint density at radius 2 is 1.83 bits per heavy atom. The van der Waals surface area contributed by atoms with E-state index in [0.29, 0.717) is 18.8 Å². The summed E-state index contributed by atoms with van der Waals surface area (Å²) in [6.07, 6.45) is -1.70. The molecule has 2 fully saturated rings. The molecule has 7 nitrogen and oxygen atoms in total. The van der Waals surface area contributed by atoms with Crippen LogP contribution in [0.25, 0.3) is 0 Å². The highest BCUT2D eigenvalue weighted by molar-refractivity contribution is 6.10. The molecule has 2 heterocycles. The van der Waals surface area contributed by atoms with Gasteiger partial charge in [0, 0.05) is 13.1 Å². The van der Waals surface area contributed by atoms with Gasteiger partial charge in [-0.25, -0.2) is 4.79 Å². The first-order chi connectivity index (χ1) is 13.5. The number of amides is 4. The highest BCUT2D eigenvalue weighted by Crippen LogP contribution is 2.36. The smallest absolute Gasteiger partial charge is 0.370 e. The third-order valence-corrected chi connectivity index (χ3v) is 5.04. The average molecular weight is 412 g/mol. The zero-order valence-corrected chi connectivity index (χ0v) is 16.2. The number of anilines is 2. The number of carbonyl (C=O) groups excluding carboxylic acids is 3. The first-order valence-electron chi connectivity index (χ1n) is 9.39. The van der Waals surface area contributed by atoms with Crippen molar-refractivity contribution in [1.82, 2.24) is 10.2 Å². The van der Waals surface area contributed by atoms with Crippen molar-refractivity contribution in [3.05, 3.63) is 23.8 Å². The van der Waals surface area contributed by atoms with Crippen LogP contribution in [0.15, 0.2) is 18.2 Å². The largest absolute Gasteiger partial charge is 0.416 e. The maximum absolute atomic E-state index is 13.2. The van der Waals surface area contributed by atoms with Crippen molar-refractivity contribution in [2.75, 3.05) is 29.9 Å². The van der Waals surface area contributed by atoms with Crippen molar-refractivity contribution < 1.29 is 27.6 Å². The standard InChI is InChI=1S/C19H23F3N4O3/c1-18(2)16(28)26(17(29)24-18)11-15(27)23-13-10-12(19(20,21)22)6-7-14(13)25-8-4-3-5-9-25/h6-7,10H,3-5,8-9,11H2,1-2H3,(H,23,27)(H,24,29). The minimum Gasteiger partial charge on any atom is -0.370 e. The summed E-state index contributed by atoms with van der Waals surface area (Å²) in [6, 6.07) is 2.51. The Bertz CT molecular complexity index is 832. The Hall–Kier alpha value is -2.78. The van der Waals surface area contributed by atoms with Gasteiger partial charge >= 0.3 is 12.2 Å². The molecule has 2 aliphatic heterocycles. The molecule has 0 aromatic heterocycles. The molecule has 0 spiro atoms. The number of urea groups is 1. The van der Waals surface area contributed by atoms with Crippen molar-refractivity contribution in [2.45, 2.75) is 44.8 Å². The summed E-state index contributed by atoms with van der Waals surface area (Å²) < 4.78 is 39.5. The van der Waals surface area contributed by atoms with E-state index in [1.807, 2.05) is 4.90 Å². The van der Waals surface area contributed by atoms with Crippen LogP contribution in [0.4, 0.5) is 29.3 Å². The number of piperidine rings is 1. The van der Waals surface area contributed by atoms with Crippen LogP contribution in [0.3, 0.4) is 0 Å². The quantitative estimate of drug-likeness (QED) is 0.745. The van der Waals surface area contributed by atoms with Crippen LogP contribution in [-0.4, -0.2) is 47.9 Å². The summed E-state index contributed by atoms with van der Waals surface area (Å²) in [5, 5.41) is 4.92. The fraction of sp³-hybridized carbons (Fsp3) is 0.526. The average Bonchev–Trinajstić information content (AvgIpc) is 2.83. The lowest BCUT2D eigenvalue weighted by atomic mass is 10.1. The number of rotatable bonds is 4. The van der Waals surface area contributed by atoms with Gasteiger partial charge in [-0.05, 0) is 51.3 Å². The van der Waals surface area contributed by atoms with Crippen molar-refractivity contribution in [3.63, 3.8) is 0 Å². The van der Waals surface area contributed by atoms with Crippen LogP contribution < -0.4 is 15.5 Å². The van der Waals surface area contributed by atoms with E-state index in [2.05, 4.69) is 10.6 Å². The zero-order valence-electron chi connectivity index (χ0n) is 16.2. The number of hydrogen-bond donors (Lipinski definition) is 2. The van der Waals surface area contributed by atoms with Gasteiger partial charge in [0.1, 0.15) is 12.1 Å². The second kappa shape index (κ2) is 7.57. The Labute approximate surface area is 166 Å². The summed E-state index contributed by atoms with van der Waals surface area (Å²) in [4.78, 5) is 39.3. The van der Waals surface area contributed by atoms with Crippen molar-refractivity contribution in [3.8, 4) is 0 Å². The van der Waals surface area contributed by atoms with E-state index in [1.165, 1.54) is 19.9 Å². The lowest BCUT2D eigenvalue weighted by molar-refractivity contribution is -0.137. The maximum atomic E-state index is 13.2. The van der Waals surface area contributed by atoms with Gasteiger partial charge < -0.3 is 15.5 Å². The van der Waals surface area contributed by atoms with Crippen LogP contribution >= 0.6 is 0 Å². The van der Waals surface area contributed by atoms with Crippen LogP contribution in [0.2, 0.25) is 0 Å². The molecular formula is C19H23F3N4O3. The molecule has 2 N–H and O–H groups in total. The lowest BCUT2D eigenvalue weighted by Gasteiger charge is -2.31. The van der Waals surface area contributed by atoms with E-state index < -0.39 is 41.7 Å². The van der Waals surface area contributed by atoms with Gasteiger partial charge in [-0.15, -0.1) is 0 Å². The van der Waals surface area contributed by atoms with E-state index in [0.717, 1.165) is 36.3 Å². The molecule has 1 aromatic rings. The van der Waals surface area contributed by atoms with Gasteiger partial charge in [0.2, 0.25) is 5.91 Å². The Morgan fingerprint density at radius 1 is 1.17 bits per heavy atom. The van der Waals surface area contributed by atoms with Gasteiger partial charge in [0.05, 0.1) is 16.9 Å². The molecule has 0 atom stereocenters. The molecule has 0 unspecified atom stereocenters. The van der Waals surface area contributed by atoms with Gasteiger partial charge in [-0.3, -0.25) is 14.5 Å². The first-order valence-corrected chi connectivity index (χ1v) is 9.39. The fourth-order valence-electron chi connectivity index (χ4n) is 3.52. The van der Waals surface area contributed by atoms with Crippen LogP contribution in [-0.2, 0) is 15.8 Å². The summed E-state index contributed by atoms with van der Waals surface area (Å²) in [5.74, 6) is -1.32. The number of alkyl halides is 3. The molecule has 29 heavy (non-hydrogen) atoms. The summed E-state index contributed by atoms with van der Waals surface area (Å²) in [5.41, 5.74) is -1.52. The molecule has 0 saturated carbocycles. The Balaban J connectivity index is 1.83. The number of nitrogens with zero attached hydrogens (tertiary/aromatic N) is 2. The molecule has 1 aromatic carbocycles. The van der Waals surface area contributed by atoms with E-state index in [1.54, 1.807) is 0 Å². The maximum Gasteiger partial charge on any atom is 0.416 e. The summed E-state index contributed by atoms with van der Waals surface area (Å²) >= 11 is 0. The van der Waals surface area contributed by atoms with E-state index in [4.69, 9.17) is 0 Å². The highest BCUT2D eigenvalue weighted by atomic mass is 19.4. The molecule has 10 heteroatoms. The SMILES string of the molecule is CC1(C)NC(=O)N(CC(=O)Nc2cc(C(F)(F)F)ccc2N2CCCCC2)C1=O. The van der Waals surface area contributed by atoms with Gasteiger partial charge in [-0.2, -0.15) is 13.2 Å². The first kappa shape index (κ1) is 20.9. The predicted molar refractivity (Wildman–Crippen MR) is 100 cm³/mol. The third kappa shape index (κ3) is 4.46.